The summed E-state index contributed by atoms with van der Waals surface area (Å²) in [6.07, 6.45) is 2.28. The van der Waals surface area contributed by atoms with Gasteiger partial charge in [-0.3, -0.25) is 9.79 Å². The summed E-state index contributed by atoms with van der Waals surface area (Å²) in [6.45, 7) is 4.29. The molecule has 1 aromatic carbocycles. The molecule has 0 saturated heterocycles. The Morgan fingerprint density at radius 1 is 1.13 bits per heavy atom. The molecule has 1 heterocycles. The molecular weight excluding hydrogens is 499 g/mol. The van der Waals surface area contributed by atoms with Crippen LogP contribution in [0.3, 0.4) is 0 Å². The normalized spacial score (nSPS) is 10.7. The number of aryl methyl sites for hydroxylation is 1. The molecule has 0 saturated carbocycles. The lowest BCUT2D eigenvalue weighted by Crippen LogP contribution is -2.41. The topological polar surface area (TPSA) is 88.3 Å². The average Bonchev–Trinajstić information content (AvgIpc) is 3.17. The Bertz CT molecular complexity index is 793. The summed E-state index contributed by atoms with van der Waals surface area (Å²) in [5.41, 5.74) is 0.833. The Balaban J connectivity index is 0.00000450. The molecule has 8 nitrogen and oxygen atoms in total. The van der Waals surface area contributed by atoms with Crippen LogP contribution in [0.25, 0.3) is 0 Å². The fourth-order valence-corrected chi connectivity index (χ4v) is 2.64. The van der Waals surface area contributed by atoms with E-state index in [2.05, 4.69) is 15.6 Å². The van der Waals surface area contributed by atoms with E-state index in [4.69, 9.17) is 13.9 Å². The van der Waals surface area contributed by atoms with Crippen LogP contribution in [0.15, 0.2) is 46.0 Å². The van der Waals surface area contributed by atoms with Crippen LogP contribution in [0.2, 0.25) is 0 Å². The molecule has 0 bridgehead atoms. The largest absolute Gasteiger partial charge is 0.497 e. The molecule has 0 aliphatic heterocycles. The number of likely N-dealkylation sites (N-methyl/N-ethyl adjacent to an activating group) is 1. The molecule has 0 aliphatic rings. The third-order valence-electron chi connectivity index (χ3n) is 4.32. The second-order valence-corrected chi connectivity index (χ2v) is 6.46. The van der Waals surface area contributed by atoms with Gasteiger partial charge in [0, 0.05) is 32.7 Å². The number of benzene rings is 1. The monoisotopic (exact) mass is 530 g/mol. The first-order valence-electron chi connectivity index (χ1n) is 9.56. The van der Waals surface area contributed by atoms with E-state index in [1.807, 2.05) is 43.1 Å². The Labute approximate surface area is 195 Å². The van der Waals surface area contributed by atoms with Crippen molar-refractivity contribution in [2.75, 3.05) is 47.4 Å². The first-order chi connectivity index (χ1) is 14.0. The number of carbonyl (C=O) groups is 1. The summed E-state index contributed by atoms with van der Waals surface area (Å²) in [4.78, 5) is 18.3. The quantitative estimate of drug-likeness (QED) is 0.213. The number of halogens is 1. The molecule has 0 fully saturated rings. The SMILES string of the molecule is CN=C(NCCCNC(=O)c1occc1C)N(C)CCOc1ccc(OC)cc1.I. The van der Waals surface area contributed by atoms with Crippen LogP contribution >= 0.6 is 24.0 Å². The van der Waals surface area contributed by atoms with E-state index in [9.17, 15) is 4.79 Å². The van der Waals surface area contributed by atoms with Crippen molar-refractivity contribution in [3.05, 3.63) is 47.9 Å². The molecule has 0 aliphatic carbocycles. The van der Waals surface area contributed by atoms with Crippen LogP contribution in [-0.2, 0) is 0 Å². The van der Waals surface area contributed by atoms with Crippen molar-refractivity contribution in [1.29, 1.82) is 0 Å². The first-order valence-corrected chi connectivity index (χ1v) is 9.56. The highest BCUT2D eigenvalue weighted by molar-refractivity contribution is 14.0. The molecular formula is C21H31IN4O4. The number of aliphatic imine (C=N–C) groups is 1. The smallest absolute Gasteiger partial charge is 0.287 e. The van der Waals surface area contributed by atoms with E-state index < -0.39 is 0 Å². The predicted molar refractivity (Wildman–Crippen MR) is 128 cm³/mol. The number of nitrogens with one attached hydrogen (secondary N) is 2. The maximum absolute atomic E-state index is 12.0. The van der Waals surface area contributed by atoms with Crippen molar-refractivity contribution in [2.24, 2.45) is 4.99 Å². The van der Waals surface area contributed by atoms with Crippen molar-refractivity contribution in [1.82, 2.24) is 15.5 Å². The number of nitrogens with zero attached hydrogens (tertiary/aromatic N) is 2. The van der Waals surface area contributed by atoms with E-state index in [-0.39, 0.29) is 29.9 Å². The minimum atomic E-state index is -0.190. The Morgan fingerprint density at radius 3 is 2.40 bits per heavy atom. The molecule has 9 heteroatoms. The predicted octanol–water partition coefficient (Wildman–Crippen LogP) is 2.92. The van der Waals surface area contributed by atoms with Gasteiger partial charge in [-0.15, -0.1) is 24.0 Å². The molecule has 2 aromatic rings. The van der Waals surface area contributed by atoms with E-state index in [1.54, 1.807) is 20.2 Å². The lowest BCUT2D eigenvalue weighted by molar-refractivity contribution is 0.0925. The van der Waals surface area contributed by atoms with Crippen molar-refractivity contribution in [3.8, 4) is 11.5 Å². The van der Waals surface area contributed by atoms with Crippen LogP contribution in [0, 0.1) is 6.92 Å². The number of furan rings is 1. The minimum Gasteiger partial charge on any atom is -0.497 e. The van der Waals surface area contributed by atoms with Crippen LogP contribution < -0.4 is 20.1 Å². The second kappa shape index (κ2) is 13.7. The third kappa shape index (κ3) is 8.13. The minimum absolute atomic E-state index is 0. The first kappa shape index (κ1) is 25.6. The Kier molecular flexibility index (Phi) is 11.7. The van der Waals surface area contributed by atoms with Gasteiger partial charge in [0.1, 0.15) is 18.1 Å². The van der Waals surface area contributed by atoms with Crippen molar-refractivity contribution in [3.63, 3.8) is 0 Å². The summed E-state index contributed by atoms with van der Waals surface area (Å²) in [7, 11) is 5.33. The van der Waals surface area contributed by atoms with Gasteiger partial charge in [-0.05, 0) is 43.7 Å². The standard InChI is InChI=1S/C21H30N4O4.HI/c1-16-10-14-29-19(16)20(26)23-11-5-12-24-21(22-2)25(3)13-15-28-18-8-6-17(27-4)7-9-18;/h6-10,14H,5,11-13,15H2,1-4H3,(H,22,24)(H,23,26);1H. The molecule has 0 spiro atoms. The van der Waals surface area contributed by atoms with Gasteiger partial charge >= 0.3 is 0 Å². The maximum atomic E-state index is 12.0. The Morgan fingerprint density at radius 2 is 1.80 bits per heavy atom. The van der Waals surface area contributed by atoms with Gasteiger partial charge in [-0.25, -0.2) is 0 Å². The van der Waals surface area contributed by atoms with Gasteiger partial charge in [0.15, 0.2) is 11.7 Å². The van der Waals surface area contributed by atoms with Gasteiger partial charge in [0.05, 0.1) is 19.9 Å². The highest BCUT2D eigenvalue weighted by Gasteiger charge is 2.11. The molecule has 30 heavy (non-hydrogen) atoms. The van der Waals surface area contributed by atoms with Crippen molar-refractivity contribution < 1.29 is 18.7 Å². The van der Waals surface area contributed by atoms with Crippen LogP contribution in [-0.4, -0.2) is 64.2 Å². The van der Waals surface area contributed by atoms with Crippen LogP contribution in [0.4, 0.5) is 0 Å². The van der Waals surface area contributed by atoms with Crippen molar-refractivity contribution in [2.45, 2.75) is 13.3 Å². The number of hydrogen-bond donors (Lipinski definition) is 2. The third-order valence-corrected chi connectivity index (χ3v) is 4.32. The summed E-state index contributed by atoms with van der Waals surface area (Å²) in [5.74, 6) is 2.55. The fourth-order valence-electron chi connectivity index (χ4n) is 2.64. The molecule has 0 radical (unpaired) electrons. The number of methoxy groups -OCH3 is 1. The number of guanidine groups is 1. The molecule has 166 valence electrons. The van der Waals surface area contributed by atoms with Crippen LogP contribution in [0.5, 0.6) is 11.5 Å². The molecule has 1 aromatic heterocycles. The summed E-state index contributed by atoms with van der Waals surface area (Å²) >= 11 is 0. The van der Waals surface area contributed by atoms with E-state index >= 15 is 0 Å². The second-order valence-electron chi connectivity index (χ2n) is 6.46. The summed E-state index contributed by atoms with van der Waals surface area (Å²) < 4.78 is 16.1. The number of amides is 1. The zero-order valence-corrected chi connectivity index (χ0v) is 20.3. The lowest BCUT2D eigenvalue weighted by atomic mass is 10.2. The van der Waals surface area contributed by atoms with Gasteiger partial charge in [0.25, 0.3) is 5.91 Å². The Hall–Kier alpha value is -2.43. The zero-order valence-electron chi connectivity index (χ0n) is 17.9. The number of ether oxygens (including phenoxy) is 2. The lowest BCUT2D eigenvalue weighted by Gasteiger charge is -2.22. The fraction of sp³-hybridized carbons (Fsp3) is 0.429. The number of hydrogen-bond acceptors (Lipinski definition) is 5. The van der Waals surface area contributed by atoms with E-state index in [0.29, 0.717) is 32.0 Å². The van der Waals surface area contributed by atoms with E-state index in [1.165, 1.54) is 6.26 Å². The van der Waals surface area contributed by atoms with E-state index in [0.717, 1.165) is 29.4 Å². The molecule has 2 rings (SSSR count). The number of carbonyl (C=O) groups excluding carboxylic acids is 1. The molecule has 2 N–H and O–H groups in total. The number of rotatable bonds is 10. The highest BCUT2D eigenvalue weighted by atomic mass is 127. The van der Waals surface area contributed by atoms with Gasteiger partial charge in [-0.2, -0.15) is 0 Å². The molecule has 1 amide bonds. The van der Waals surface area contributed by atoms with Crippen molar-refractivity contribution >= 4 is 35.8 Å². The average molecular weight is 530 g/mol. The maximum Gasteiger partial charge on any atom is 0.287 e. The van der Waals surface area contributed by atoms with Crippen LogP contribution in [0.1, 0.15) is 22.5 Å². The van der Waals surface area contributed by atoms with Gasteiger partial charge in [0.2, 0.25) is 0 Å². The highest BCUT2D eigenvalue weighted by Crippen LogP contribution is 2.16. The van der Waals surface area contributed by atoms with Gasteiger partial charge in [-0.1, -0.05) is 0 Å². The molecule has 0 unspecified atom stereocenters. The van der Waals surface area contributed by atoms with Gasteiger partial charge < -0.3 is 29.4 Å². The molecule has 0 atom stereocenters. The summed E-state index contributed by atoms with van der Waals surface area (Å²) in [6, 6.07) is 9.26. The summed E-state index contributed by atoms with van der Waals surface area (Å²) in [5, 5.41) is 6.13. The zero-order chi connectivity index (χ0) is 21.1.